The number of nitrogens with one attached hydrogen (secondary N) is 1. The fourth-order valence-corrected chi connectivity index (χ4v) is 2.98. The minimum absolute atomic E-state index is 0.410. The fourth-order valence-electron chi connectivity index (χ4n) is 2.23. The predicted octanol–water partition coefficient (Wildman–Crippen LogP) is 2.83. The maximum atomic E-state index is 5.33. The van der Waals surface area contributed by atoms with Gasteiger partial charge in [0.1, 0.15) is 0 Å². The minimum atomic E-state index is 0.410. The van der Waals surface area contributed by atoms with Crippen molar-refractivity contribution in [2.75, 3.05) is 13.1 Å². The Bertz CT molecular complexity index is 508. The molecule has 4 nitrogen and oxygen atoms in total. The molecular formula is C14H17N3OS. The molecule has 1 fully saturated rings. The highest BCUT2D eigenvalue weighted by atomic mass is 32.2. The first kappa shape index (κ1) is 12.7. The van der Waals surface area contributed by atoms with Crippen LogP contribution in [0.2, 0.25) is 0 Å². The molecule has 5 heteroatoms. The molecule has 0 saturated carbocycles. The highest BCUT2D eigenvalue weighted by molar-refractivity contribution is 7.98. The molecule has 1 unspecified atom stereocenters. The first-order valence-electron chi connectivity index (χ1n) is 6.63. The molecule has 1 atom stereocenters. The molecule has 0 bridgehead atoms. The number of thioether (sulfide) groups is 1. The van der Waals surface area contributed by atoms with Crippen molar-refractivity contribution in [2.24, 2.45) is 0 Å². The van der Waals surface area contributed by atoms with Gasteiger partial charge in [0.2, 0.25) is 5.89 Å². The van der Waals surface area contributed by atoms with Gasteiger partial charge in [-0.3, -0.25) is 0 Å². The Balaban J connectivity index is 1.58. The van der Waals surface area contributed by atoms with Crippen molar-refractivity contribution in [3.8, 4) is 0 Å². The number of nitrogens with zero attached hydrogens (tertiary/aromatic N) is 2. The van der Waals surface area contributed by atoms with E-state index in [0.29, 0.717) is 5.92 Å². The molecule has 3 rings (SSSR count). The first-order chi connectivity index (χ1) is 9.42. The quantitative estimate of drug-likeness (QED) is 0.870. The second kappa shape index (κ2) is 6.21. The van der Waals surface area contributed by atoms with E-state index in [2.05, 4.69) is 27.6 Å². The molecule has 19 heavy (non-hydrogen) atoms. The Morgan fingerprint density at radius 2 is 2.21 bits per heavy atom. The van der Waals surface area contributed by atoms with E-state index in [-0.39, 0.29) is 0 Å². The molecule has 1 N–H and O–H groups in total. The van der Waals surface area contributed by atoms with Gasteiger partial charge >= 0.3 is 0 Å². The normalized spacial score (nSPS) is 19.5. The van der Waals surface area contributed by atoms with Crippen molar-refractivity contribution in [2.45, 2.75) is 29.4 Å². The van der Waals surface area contributed by atoms with Gasteiger partial charge in [-0.2, -0.15) is 4.98 Å². The highest BCUT2D eigenvalue weighted by Crippen LogP contribution is 2.24. The lowest BCUT2D eigenvalue weighted by Gasteiger charge is -2.19. The largest absolute Gasteiger partial charge is 0.338 e. The smallest absolute Gasteiger partial charge is 0.237 e. The average molecular weight is 275 g/mol. The summed E-state index contributed by atoms with van der Waals surface area (Å²) >= 11 is 1.72. The second-order valence-electron chi connectivity index (χ2n) is 4.69. The average Bonchev–Trinajstić information content (AvgIpc) is 2.96. The van der Waals surface area contributed by atoms with Gasteiger partial charge in [-0.15, -0.1) is 11.8 Å². The van der Waals surface area contributed by atoms with Crippen molar-refractivity contribution in [3.63, 3.8) is 0 Å². The van der Waals surface area contributed by atoms with Crippen LogP contribution in [-0.4, -0.2) is 23.2 Å². The van der Waals surface area contributed by atoms with Gasteiger partial charge in [-0.25, -0.2) is 0 Å². The summed E-state index contributed by atoms with van der Waals surface area (Å²) in [5.41, 5.74) is 0. The lowest BCUT2D eigenvalue weighted by Crippen LogP contribution is -2.28. The zero-order chi connectivity index (χ0) is 12.9. The molecule has 0 aliphatic carbocycles. The van der Waals surface area contributed by atoms with Gasteiger partial charge < -0.3 is 9.84 Å². The summed E-state index contributed by atoms with van der Waals surface area (Å²) < 4.78 is 5.33. The van der Waals surface area contributed by atoms with Crippen LogP contribution in [-0.2, 0) is 5.75 Å². The van der Waals surface area contributed by atoms with Crippen LogP contribution < -0.4 is 5.32 Å². The molecule has 100 valence electrons. The molecule has 1 aromatic carbocycles. The number of rotatable bonds is 4. The van der Waals surface area contributed by atoms with Crippen LogP contribution in [0, 0.1) is 0 Å². The van der Waals surface area contributed by atoms with Crippen LogP contribution >= 0.6 is 11.8 Å². The second-order valence-corrected chi connectivity index (χ2v) is 5.74. The number of hydrogen-bond donors (Lipinski definition) is 1. The maximum absolute atomic E-state index is 5.33. The molecule has 2 aromatic rings. The van der Waals surface area contributed by atoms with Crippen LogP contribution in [0.4, 0.5) is 0 Å². The summed E-state index contributed by atoms with van der Waals surface area (Å²) in [5.74, 6) is 2.72. The third-order valence-corrected chi connectivity index (χ3v) is 4.25. The van der Waals surface area contributed by atoms with Gasteiger partial charge in [-0.05, 0) is 31.5 Å². The molecule has 0 spiro atoms. The van der Waals surface area contributed by atoms with E-state index in [4.69, 9.17) is 4.52 Å². The summed E-state index contributed by atoms with van der Waals surface area (Å²) in [6, 6.07) is 10.3. The van der Waals surface area contributed by atoms with Crippen LogP contribution in [0.15, 0.2) is 39.8 Å². The zero-order valence-electron chi connectivity index (χ0n) is 10.7. The van der Waals surface area contributed by atoms with Crippen molar-refractivity contribution in [1.82, 2.24) is 15.5 Å². The van der Waals surface area contributed by atoms with Crippen molar-refractivity contribution >= 4 is 11.8 Å². The molecule has 0 amide bonds. The SMILES string of the molecule is c1ccc(SCc2nc(C3CCCNC3)no2)cc1. The van der Waals surface area contributed by atoms with Crippen LogP contribution in [0.5, 0.6) is 0 Å². The Labute approximate surface area is 117 Å². The minimum Gasteiger partial charge on any atom is -0.338 e. The molecule has 1 aliphatic rings. The van der Waals surface area contributed by atoms with E-state index in [0.717, 1.165) is 37.0 Å². The lowest BCUT2D eigenvalue weighted by atomic mass is 9.99. The zero-order valence-corrected chi connectivity index (χ0v) is 11.5. The summed E-state index contributed by atoms with van der Waals surface area (Å²) in [6.07, 6.45) is 2.34. The number of piperidine rings is 1. The van der Waals surface area contributed by atoms with E-state index < -0.39 is 0 Å². The van der Waals surface area contributed by atoms with E-state index in [1.165, 1.54) is 11.3 Å². The Morgan fingerprint density at radius 1 is 1.32 bits per heavy atom. The van der Waals surface area contributed by atoms with Crippen molar-refractivity contribution in [1.29, 1.82) is 0 Å². The van der Waals surface area contributed by atoms with Gasteiger partial charge in [0.25, 0.3) is 0 Å². The first-order valence-corrected chi connectivity index (χ1v) is 7.61. The predicted molar refractivity (Wildman–Crippen MR) is 75.1 cm³/mol. The van der Waals surface area contributed by atoms with Gasteiger partial charge in [0.15, 0.2) is 5.82 Å². The summed E-state index contributed by atoms with van der Waals surface area (Å²) in [6.45, 7) is 2.07. The fraction of sp³-hybridized carbons (Fsp3) is 0.429. The summed E-state index contributed by atoms with van der Waals surface area (Å²) in [7, 11) is 0. The summed E-state index contributed by atoms with van der Waals surface area (Å²) in [4.78, 5) is 5.73. The van der Waals surface area contributed by atoms with E-state index in [9.17, 15) is 0 Å². The van der Waals surface area contributed by atoms with Gasteiger partial charge in [0.05, 0.1) is 5.75 Å². The highest BCUT2D eigenvalue weighted by Gasteiger charge is 2.20. The Morgan fingerprint density at radius 3 is 3.00 bits per heavy atom. The Kier molecular flexibility index (Phi) is 4.15. The topological polar surface area (TPSA) is 51.0 Å². The molecule has 1 saturated heterocycles. The van der Waals surface area contributed by atoms with Crippen molar-refractivity contribution in [3.05, 3.63) is 42.0 Å². The van der Waals surface area contributed by atoms with Crippen molar-refractivity contribution < 1.29 is 4.52 Å². The number of aromatic nitrogens is 2. The molecule has 2 heterocycles. The third kappa shape index (κ3) is 3.36. The Hall–Kier alpha value is -1.33. The lowest BCUT2D eigenvalue weighted by molar-refractivity contribution is 0.370. The standard InChI is InChI=1S/C14H17N3OS/c1-2-6-12(7-3-1)19-10-13-16-14(17-18-13)11-5-4-8-15-9-11/h1-3,6-7,11,15H,4-5,8-10H2. The maximum Gasteiger partial charge on any atom is 0.237 e. The van der Waals surface area contributed by atoms with E-state index in [1.54, 1.807) is 11.8 Å². The van der Waals surface area contributed by atoms with Gasteiger partial charge in [0, 0.05) is 17.4 Å². The number of hydrogen-bond acceptors (Lipinski definition) is 5. The molecule has 1 aromatic heterocycles. The number of benzene rings is 1. The van der Waals surface area contributed by atoms with E-state index in [1.807, 2.05) is 18.2 Å². The monoisotopic (exact) mass is 275 g/mol. The summed E-state index contributed by atoms with van der Waals surface area (Å²) in [5, 5.41) is 7.49. The van der Waals surface area contributed by atoms with Crippen LogP contribution in [0.25, 0.3) is 0 Å². The van der Waals surface area contributed by atoms with E-state index >= 15 is 0 Å². The molecule has 0 radical (unpaired) electrons. The van der Waals surface area contributed by atoms with Crippen LogP contribution in [0.1, 0.15) is 30.5 Å². The van der Waals surface area contributed by atoms with Crippen LogP contribution in [0.3, 0.4) is 0 Å². The van der Waals surface area contributed by atoms with Gasteiger partial charge in [-0.1, -0.05) is 23.4 Å². The third-order valence-electron chi connectivity index (χ3n) is 3.25. The molecular weight excluding hydrogens is 258 g/mol. The molecule has 1 aliphatic heterocycles.